The SMILES string of the molecule is O=C(NNC(=O)c1cccs1)N[C@@H](c1ccccc1)c1ccccn1. The van der Waals surface area contributed by atoms with Crippen molar-refractivity contribution in [2.24, 2.45) is 0 Å². The molecule has 1 aromatic carbocycles. The van der Waals surface area contributed by atoms with Crippen LogP contribution in [0, 0.1) is 0 Å². The van der Waals surface area contributed by atoms with E-state index in [2.05, 4.69) is 21.2 Å². The second-order valence-electron chi connectivity index (χ2n) is 5.13. The number of hydrogen-bond acceptors (Lipinski definition) is 4. The molecule has 6 nitrogen and oxygen atoms in total. The number of thiophene rings is 1. The first-order valence-electron chi connectivity index (χ1n) is 7.60. The first-order chi connectivity index (χ1) is 12.2. The maximum absolute atomic E-state index is 12.2. The smallest absolute Gasteiger partial charge is 0.324 e. The molecule has 0 saturated carbocycles. The van der Waals surface area contributed by atoms with Crippen LogP contribution in [-0.2, 0) is 0 Å². The van der Waals surface area contributed by atoms with Crippen molar-refractivity contribution in [1.82, 2.24) is 21.2 Å². The molecule has 0 saturated heterocycles. The molecule has 2 heterocycles. The van der Waals surface area contributed by atoms with Crippen LogP contribution in [0.25, 0.3) is 0 Å². The third kappa shape index (κ3) is 4.42. The molecule has 0 spiro atoms. The van der Waals surface area contributed by atoms with Gasteiger partial charge in [-0.1, -0.05) is 42.5 Å². The van der Waals surface area contributed by atoms with Crippen LogP contribution in [0.2, 0.25) is 0 Å². The summed E-state index contributed by atoms with van der Waals surface area (Å²) in [6.07, 6.45) is 1.67. The molecule has 3 rings (SSSR count). The highest BCUT2D eigenvalue weighted by atomic mass is 32.1. The average molecular weight is 352 g/mol. The fraction of sp³-hybridized carbons (Fsp3) is 0.0556. The Morgan fingerprint density at radius 2 is 1.72 bits per heavy atom. The van der Waals surface area contributed by atoms with Gasteiger partial charge >= 0.3 is 6.03 Å². The van der Waals surface area contributed by atoms with Crippen molar-refractivity contribution in [3.05, 3.63) is 88.4 Å². The molecule has 3 amide bonds. The van der Waals surface area contributed by atoms with Crippen LogP contribution in [0.4, 0.5) is 4.79 Å². The minimum Gasteiger partial charge on any atom is -0.324 e. The van der Waals surface area contributed by atoms with E-state index in [9.17, 15) is 9.59 Å². The van der Waals surface area contributed by atoms with Gasteiger partial charge in [0, 0.05) is 6.20 Å². The van der Waals surface area contributed by atoms with Crippen LogP contribution in [0.5, 0.6) is 0 Å². The summed E-state index contributed by atoms with van der Waals surface area (Å²) < 4.78 is 0. The van der Waals surface area contributed by atoms with Crippen LogP contribution in [0.3, 0.4) is 0 Å². The molecule has 126 valence electrons. The van der Waals surface area contributed by atoms with Crippen LogP contribution in [-0.4, -0.2) is 16.9 Å². The van der Waals surface area contributed by atoms with Crippen molar-refractivity contribution in [3.63, 3.8) is 0 Å². The lowest BCUT2D eigenvalue weighted by molar-refractivity contribution is 0.0940. The molecule has 0 aliphatic carbocycles. The lowest BCUT2D eigenvalue weighted by atomic mass is 10.0. The number of aromatic nitrogens is 1. The van der Waals surface area contributed by atoms with Crippen LogP contribution in [0.15, 0.2) is 72.2 Å². The van der Waals surface area contributed by atoms with E-state index in [1.807, 2.05) is 48.5 Å². The van der Waals surface area contributed by atoms with Crippen molar-refractivity contribution < 1.29 is 9.59 Å². The van der Waals surface area contributed by atoms with Gasteiger partial charge < -0.3 is 5.32 Å². The number of rotatable bonds is 4. The fourth-order valence-corrected chi connectivity index (χ4v) is 2.89. The molecule has 3 aromatic rings. The number of pyridine rings is 1. The number of benzene rings is 1. The van der Waals surface area contributed by atoms with Crippen molar-refractivity contribution in [2.75, 3.05) is 0 Å². The fourth-order valence-electron chi connectivity index (χ4n) is 2.27. The zero-order valence-corrected chi connectivity index (χ0v) is 14.0. The number of hydrogen-bond donors (Lipinski definition) is 3. The number of amides is 3. The molecule has 1 atom stereocenters. The normalized spacial score (nSPS) is 11.4. The molecule has 7 heteroatoms. The Balaban J connectivity index is 1.68. The van der Waals surface area contributed by atoms with Gasteiger partial charge in [-0.2, -0.15) is 0 Å². The zero-order valence-electron chi connectivity index (χ0n) is 13.2. The maximum Gasteiger partial charge on any atom is 0.334 e. The summed E-state index contributed by atoms with van der Waals surface area (Å²) in [5, 5.41) is 4.62. The summed E-state index contributed by atoms with van der Waals surface area (Å²) in [5.41, 5.74) is 6.34. The first kappa shape index (κ1) is 16.7. The lowest BCUT2D eigenvalue weighted by Crippen LogP contribution is -2.48. The Kier molecular flexibility index (Phi) is 5.38. The lowest BCUT2D eigenvalue weighted by Gasteiger charge is -2.19. The minimum absolute atomic E-state index is 0.362. The average Bonchev–Trinajstić information content (AvgIpc) is 3.20. The molecule has 2 aromatic heterocycles. The van der Waals surface area contributed by atoms with Crippen molar-refractivity contribution in [3.8, 4) is 0 Å². The van der Waals surface area contributed by atoms with Gasteiger partial charge in [-0.3, -0.25) is 15.2 Å². The van der Waals surface area contributed by atoms with E-state index < -0.39 is 12.1 Å². The molecule has 0 fully saturated rings. The predicted molar refractivity (Wildman–Crippen MR) is 96.0 cm³/mol. The van der Waals surface area contributed by atoms with E-state index in [1.54, 1.807) is 23.7 Å². The highest BCUT2D eigenvalue weighted by molar-refractivity contribution is 7.12. The number of hydrazine groups is 1. The minimum atomic E-state index is -0.524. The molecular weight excluding hydrogens is 336 g/mol. The number of nitrogens with zero attached hydrogens (tertiary/aromatic N) is 1. The molecule has 25 heavy (non-hydrogen) atoms. The summed E-state index contributed by atoms with van der Waals surface area (Å²) in [6, 6.07) is 17.5. The van der Waals surface area contributed by atoms with Gasteiger partial charge in [0.2, 0.25) is 0 Å². The quantitative estimate of drug-likeness (QED) is 0.631. The second-order valence-corrected chi connectivity index (χ2v) is 6.08. The predicted octanol–water partition coefficient (Wildman–Crippen LogP) is 2.88. The van der Waals surface area contributed by atoms with Gasteiger partial charge in [0.1, 0.15) is 0 Å². The number of carbonyl (C=O) groups excluding carboxylic acids is 2. The topological polar surface area (TPSA) is 83.1 Å². The Bertz CT molecular complexity index is 783. The standard InChI is InChI=1S/C18H16N4O2S/c23-17(15-10-6-12-25-15)21-22-18(24)20-16(13-7-2-1-3-8-13)14-9-4-5-11-19-14/h1-12,16H,(H,21,23)(H2,20,22,24)/t16-/m0/s1. The van der Waals surface area contributed by atoms with E-state index in [0.717, 1.165) is 5.56 Å². The number of nitrogens with one attached hydrogen (secondary N) is 3. The van der Waals surface area contributed by atoms with Gasteiger partial charge in [-0.05, 0) is 29.1 Å². The second kappa shape index (κ2) is 8.07. The first-order valence-corrected chi connectivity index (χ1v) is 8.48. The molecule has 0 radical (unpaired) electrons. The van der Waals surface area contributed by atoms with Crippen molar-refractivity contribution in [1.29, 1.82) is 0 Å². The Labute approximate surface area is 148 Å². The Hall–Kier alpha value is -3.19. The third-order valence-corrected chi connectivity index (χ3v) is 4.30. The molecule has 0 aliphatic rings. The highest BCUT2D eigenvalue weighted by Gasteiger charge is 2.18. The molecule has 0 unspecified atom stereocenters. The summed E-state index contributed by atoms with van der Waals surface area (Å²) in [5.74, 6) is -0.362. The summed E-state index contributed by atoms with van der Waals surface area (Å²) in [7, 11) is 0. The van der Waals surface area contributed by atoms with Crippen LogP contribution < -0.4 is 16.2 Å². The van der Waals surface area contributed by atoms with Crippen molar-refractivity contribution >= 4 is 23.3 Å². The van der Waals surface area contributed by atoms with E-state index in [-0.39, 0.29) is 5.91 Å². The Morgan fingerprint density at radius 3 is 2.40 bits per heavy atom. The van der Waals surface area contributed by atoms with Gasteiger partial charge in [-0.25, -0.2) is 10.2 Å². The van der Waals surface area contributed by atoms with Gasteiger partial charge in [0.05, 0.1) is 16.6 Å². The number of urea groups is 1. The molecule has 0 aliphatic heterocycles. The third-order valence-electron chi connectivity index (χ3n) is 3.43. The summed E-state index contributed by atoms with van der Waals surface area (Å²) in [4.78, 5) is 28.9. The zero-order chi connectivity index (χ0) is 17.5. The van der Waals surface area contributed by atoms with E-state index in [0.29, 0.717) is 10.6 Å². The maximum atomic E-state index is 12.2. The van der Waals surface area contributed by atoms with Crippen molar-refractivity contribution in [2.45, 2.75) is 6.04 Å². The van der Waals surface area contributed by atoms with E-state index in [1.165, 1.54) is 11.3 Å². The largest absolute Gasteiger partial charge is 0.334 e. The van der Waals surface area contributed by atoms with Gasteiger partial charge in [-0.15, -0.1) is 11.3 Å². The van der Waals surface area contributed by atoms with E-state index in [4.69, 9.17) is 0 Å². The highest BCUT2D eigenvalue weighted by Crippen LogP contribution is 2.19. The van der Waals surface area contributed by atoms with Gasteiger partial charge in [0.25, 0.3) is 5.91 Å². The molecule has 3 N–H and O–H groups in total. The Morgan fingerprint density at radius 1 is 0.920 bits per heavy atom. The summed E-state index contributed by atoms with van der Waals surface area (Å²) >= 11 is 1.30. The van der Waals surface area contributed by atoms with Crippen LogP contribution in [0.1, 0.15) is 27.0 Å². The summed E-state index contributed by atoms with van der Waals surface area (Å²) in [6.45, 7) is 0. The number of carbonyl (C=O) groups is 2. The van der Waals surface area contributed by atoms with Gasteiger partial charge in [0.15, 0.2) is 0 Å². The molecular formula is C18H16N4O2S. The van der Waals surface area contributed by atoms with E-state index >= 15 is 0 Å². The van der Waals surface area contributed by atoms with Crippen LogP contribution >= 0.6 is 11.3 Å². The molecule has 0 bridgehead atoms. The monoisotopic (exact) mass is 352 g/mol.